The van der Waals surface area contributed by atoms with Crippen LogP contribution in [0, 0.1) is 0 Å². The van der Waals surface area contributed by atoms with Gasteiger partial charge in [0.25, 0.3) is 0 Å². The molecule has 94 valence electrons. The van der Waals surface area contributed by atoms with Crippen LogP contribution in [0.2, 0.25) is 5.02 Å². The zero-order chi connectivity index (χ0) is 13.3. The first-order valence-electron chi connectivity index (χ1n) is 5.23. The number of nitrogens with one attached hydrogen (secondary N) is 1. The molecule has 0 spiro atoms. The van der Waals surface area contributed by atoms with Gasteiger partial charge in [-0.25, -0.2) is 4.98 Å². The van der Waals surface area contributed by atoms with Crippen LogP contribution in [-0.4, -0.2) is 16.8 Å². The average Bonchev–Trinajstić information content (AvgIpc) is 2.32. The monoisotopic (exact) mass is 257 g/mol. The van der Waals surface area contributed by atoms with Crippen LogP contribution >= 0.6 is 11.6 Å². The Morgan fingerprint density at radius 1 is 1.35 bits per heavy atom. The summed E-state index contributed by atoms with van der Waals surface area (Å²) in [6.45, 7) is 4.36. The Bertz CT molecular complexity index is 363. The first kappa shape index (κ1) is 15.4. The van der Waals surface area contributed by atoms with E-state index >= 15 is 0 Å². The molecule has 0 fully saturated rings. The lowest BCUT2D eigenvalue weighted by Gasteiger charge is -1.99. The number of unbranched alkanes of at least 4 members (excludes halogenated alkanes) is 1. The zero-order valence-corrected chi connectivity index (χ0v) is 10.6. The highest BCUT2D eigenvalue weighted by molar-refractivity contribution is 6.39. The predicted molar refractivity (Wildman–Crippen MR) is 67.7 cm³/mol. The van der Waals surface area contributed by atoms with Crippen LogP contribution in [0.5, 0.6) is 0 Å². The van der Waals surface area contributed by atoms with Crippen molar-refractivity contribution < 1.29 is 9.59 Å². The fourth-order valence-corrected chi connectivity index (χ4v) is 0.739. The maximum absolute atomic E-state index is 10.7. The summed E-state index contributed by atoms with van der Waals surface area (Å²) in [6.07, 6.45) is 3.98. The Balaban J connectivity index is 0.000000557. The molecule has 0 aliphatic carbocycles. The number of hydrogen-bond acceptors (Lipinski definition) is 3. The molecule has 3 N–H and O–H groups in total. The quantitative estimate of drug-likeness (QED) is 0.795. The van der Waals surface area contributed by atoms with Crippen molar-refractivity contribution in [2.45, 2.75) is 26.7 Å². The number of amides is 2. The molecule has 0 atom stereocenters. The lowest BCUT2D eigenvalue weighted by molar-refractivity contribution is -0.134. The molecule has 17 heavy (non-hydrogen) atoms. The molecular weight excluding hydrogens is 242 g/mol. The molecule has 5 nitrogen and oxygen atoms in total. The highest BCUT2D eigenvalue weighted by Crippen LogP contribution is 2.08. The smallest absolute Gasteiger partial charge is 0.314 e. The normalized spacial score (nSPS) is 8.88. The highest BCUT2D eigenvalue weighted by atomic mass is 35.5. The van der Waals surface area contributed by atoms with Crippen molar-refractivity contribution in [2.75, 3.05) is 5.32 Å². The number of halogens is 1. The Kier molecular flexibility index (Phi) is 7.71. The topological polar surface area (TPSA) is 85.1 Å². The maximum atomic E-state index is 10.7. The Labute approximate surface area is 105 Å². The number of anilines is 1. The van der Waals surface area contributed by atoms with Crippen molar-refractivity contribution in [1.82, 2.24) is 4.98 Å². The highest BCUT2D eigenvalue weighted by Gasteiger charge is 2.08. The number of primary amides is 1. The summed E-state index contributed by atoms with van der Waals surface area (Å²) in [7, 11) is 0. The van der Waals surface area contributed by atoms with E-state index in [1.165, 1.54) is 31.2 Å². The van der Waals surface area contributed by atoms with E-state index in [1.54, 1.807) is 0 Å². The van der Waals surface area contributed by atoms with Crippen LogP contribution in [0.4, 0.5) is 5.82 Å². The Hall–Kier alpha value is -1.62. The first-order chi connectivity index (χ1) is 8.01. The second kappa shape index (κ2) is 8.52. The van der Waals surface area contributed by atoms with E-state index in [0.29, 0.717) is 5.02 Å². The Morgan fingerprint density at radius 2 is 1.94 bits per heavy atom. The van der Waals surface area contributed by atoms with Gasteiger partial charge >= 0.3 is 11.8 Å². The summed E-state index contributed by atoms with van der Waals surface area (Å²) in [4.78, 5) is 24.8. The predicted octanol–water partition coefficient (Wildman–Crippen LogP) is 1.97. The summed E-state index contributed by atoms with van der Waals surface area (Å²) < 4.78 is 0. The third-order valence-electron chi connectivity index (χ3n) is 1.69. The lowest BCUT2D eigenvalue weighted by Crippen LogP contribution is -2.29. The summed E-state index contributed by atoms with van der Waals surface area (Å²) in [5, 5.41) is 2.63. The minimum Gasteiger partial charge on any atom is -0.361 e. The van der Waals surface area contributed by atoms with Gasteiger partial charge in [-0.3, -0.25) is 9.59 Å². The van der Waals surface area contributed by atoms with Crippen LogP contribution in [0.1, 0.15) is 26.7 Å². The summed E-state index contributed by atoms with van der Waals surface area (Å²) in [5.74, 6) is -1.74. The van der Waals surface area contributed by atoms with Crippen molar-refractivity contribution in [3.63, 3.8) is 0 Å². The average molecular weight is 258 g/mol. The number of carbonyl (C=O) groups excluding carboxylic acids is 2. The summed E-state index contributed by atoms with van der Waals surface area (Å²) in [6, 6.07) is 2.99. The molecule has 2 amide bonds. The van der Waals surface area contributed by atoms with E-state index in [1.807, 2.05) is 0 Å². The minimum absolute atomic E-state index is 0.230. The molecule has 0 unspecified atom stereocenters. The molecule has 1 heterocycles. The van der Waals surface area contributed by atoms with Gasteiger partial charge in [-0.1, -0.05) is 38.3 Å². The number of hydrogen-bond donors (Lipinski definition) is 2. The zero-order valence-electron chi connectivity index (χ0n) is 9.87. The number of aromatic nitrogens is 1. The van der Waals surface area contributed by atoms with Gasteiger partial charge in [0, 0.05) is 6.20 Å². The van der Waals surface area contributed by atoms with Gasteiger partial charge in [0.2, 0.25) is 0 Å². The van der Waals surface area contributed by atoms with E-state index in [9.17, 15) is 9.59 Å². The number of nitrogens with two attached hydrogens (primary N) is 1. The molecular formula is C11H16ClN3O2. The van der Waals surface area contributed by atoms with Crippen molar-refractivity contribution >= 4 is 29.2 Å². The van der Waals surface area contributed by atoms with Crippen LogP contribution < -0.4 is 11.1 Å². The van der Waals surface area contributed by atoms with Crippen molar-refractivity contribution in [1.29, 1.82) is 0 Å². The third kappa shape index (κ3) is 7.30. The van der Waals surface area contributed by atoms with E-state index in [-0.39, 0.29) is 5.82 Å². The molecule has 0 radical (unpaired) electrons. The van der Waals surface area contributed by atoms with Gasteiger partial charge < -0.3 is 11.1 Å². The van der Waals surface area contributed by atoms with Gasteiger partial charge in [0.05, 0.1) is 5.02 Å². The van der Waals surface area contributed by atoms with Gasteiger partial charge in [0.15, 0.2) is 0 Å². The van der Waals surface area contributed by atoms with Gasteiger partial charge in [-0.15, -0.1) is 0 Å². The van der Waals surface area contributed by atoms with Crippen LogP contribution in [0.25, 0.3) is 0 Å². The molecule has 0 bridgehead atoms. The Morgan fingerprint density at radius 3 is 2.29 bits per heavy atom. The number of carbonyl (C=O) groups is 2. The summed E-state index contributed by atoms with van der Waals surface area (Å²) in [5.41, 5.74) is 4.71. The van der Waals surface area contributed by atoms with Crippen LogP contribution in [0.3, 0.4) is 0 Å². The molecule has 0 aliphatic heterocycles. The molecule has 0 aromatic carbocycles. The van der Waals surface area contributed by atoms with E-state index in [2.05, 4.69) is 24.1 Å². The first-order valence-corrected chi connectivity index (χ1v) is 5.61. The van der Waals surface area contributed by atoms with Gasteiger partial charge in [-0.05, 0) is 12.1 Å². The number of nitrogens with zero attached hydrogens (tertiary/aromatic N) is 1. The minimum atomic E-state index is -1.06. The molecule has 0 aliphatic rings. The third-order valence-corrected chi connectivity index (χ3v) is 1.92. The summed E-state index contributed by atoms with van der Waals surface area (Å²) >= 11 is 5.54. The van der Waals surface area contributed by atoms with Crippen molar-refractivity contribution in [3.05, 3.63) is 23.4 Å². The van der Waals surface area contributed by atoms with Gasteiger partial charge in [0.1, 0.15) is 5.82 Å². The lowest BCUT2D eigenvalue weighted by atomic mass is 10.4. The largest absolute Gasteiger partial charge is 0.361 e. The van der Waals surface area contributed by atoms with Crippen LogP contribution in [0.15, 0.2) is 18.3 Å². The van der Waals surface area contributed by atoms with E-state index < -0.39 is 11.8 Å². The number of rotatable bonds is 2. The fourth-order valence-electron chi connectivity index (χ4n) is 0.628. The molecule has 1 rings (SSSR count). The van der Waals surface area contributed by atoms with Crippen molar-refractivity contribution in [3.8, 4) is 0 Å². The fraction of sp³-hybridized carbons (Fsp3) is 0.364. The van der Waals surface area contributed by atoms with E-state index in [0.717, 1.165) is 0 Å². The molecule has 1 aromatic heterocycles. The maximum Gasteiger partial charge on any atom is 0.314 e. The number of pyridine rings is 1. The van der Waals surface area contributed by atoms with Gasteiger partial charge in [-0.2, -0.15) is 0 Å². The van der Waals surface area contributed by atoms with Crippen molar-refractivity contribution in [2.24, 2.45) is 5.73 Å². The van der Waals surface area contributed by atoms with E-state index in [4.69, 9.17) is 17.3 Å². The SMILES string of the molecule is CCCC.NC(=O)C(=O)Nc1ccc(Cl)cn1. The molecule has 0 saturated carbocycles. The second-order valence-corrected chi connectivity index (χ2v) is 3.62. The standard InChI is InChI=1S/C7H6ClN3O2.C4H10/c8-4-1-2-5(10-3-4)11-7(13)6(9)12;1-3-4-2/h1-3H,(H2,9,12)(H,10,11,13);3-4H2,1-2H3. The molecule has 1 aromatic rings. The second-order valence-electron chi connectivity index (χ2n) is 3.18. The molecule has 6 heteroatoms. The van der Waals surface area contributed by atoms with Crippen LogP contribution in [-0.2, 0) is 9.59 Å². The molecule has 0 saturated heterocycles.